The van der Waals surface area contributed by atoms with Crippen LogP contribution in [0.25, 0.3) is 0 Å². The Morgan fingerprint density at radius 1 is 1.58 bits per heavy atom. The van der Waals surface area contributed by atoms with Gasteiger partial charge in [-0.25, -0.2) is 0 Å². The Hall–Kier alpha value is -0.575. The molecule has 0 fully saturated rings. The van der Waals surface area contributed by atoms with Crippen molar-refractivity contribution >= 4 is 11.7 Å². The van der Waals surface area contributed by atoms with Crippen molar-refractivity contribution in [3.05, 3.63) is 30.3 Å². The molecule has 0 atom stereocenters. The number of carboxylic acids is 1. The van der Waals surface area contributed by atoms with Crippen LogP contribution in [0, 0.1) is 6.07 Å². The largest absolute Gasteiger partial charge is 1.00 e. The molecule has 0 aliphatic carbocycles. The van der Waals surface area contributed by atoms with Crippen molar-refractivity contribution in [3.63, 3.8) is 0 Å². The van der Waals surface area contributed by atoms with E-state index in [1.165, 1.54) is 0 Å². The number of para-hydroxylation sites is 1. The molecule has 1 rings (SSSR count). The maximum absolute atomic E-state index is 8.89. The molecule has 1 aromatic carbocycles. The molecular formula is C8H9HgNO2. The van der Waals surface area contributed by atoms with Gasteiger partial charge in [0.2, 0.25) is 0 Å². The molecule has 0 amide bonds. The monoisotopic (exact) mass is 353 g/mol. The van der Waals surface area contributed by atoms with E-state index in [0.29, 0.717) is 5.69 Å². The number of nitrogen functional groups attached to an aromatic ring is 1. The number of carboxylic acid groups (broad SMARTS) is 1. The van der Waals surface area contributed by atoms with Gasteiger partial charge in [-0.2, -0.15) is 0 Å². The Morgan fingerprint density at radius 3 is 2.25 bits per heavy atom. The molecule has 0 saturated carbocycles. The number of aliphatic carboxylic acids is 1. The maximum atomic E-state index is 8.89. The Kier molecular flexibility index (Phi) is 9.93. The minimum Gasteiger partial charge on any atom is -0.550 e. The van der Waals surface area contributed by atoms with Crippen molar-refractivity contribution < 1.29 is 37.6 Å². The van der Waals surface area contributed by atoms with Gasteiger partial charge in [0.05, 0.1) is 0 Å². The van der Waals surface area contributed by atoms with E-state index in [4.69, 9.17) is 15.6 Å². The molecule has 4 heteroatoms. The molecule has 0 spiro atoms. The molecular weight excluding hydrogens is 343 g/mol. The molecule has 0 aliphatic rings. The van der Waals surface area contributed by atoms with Gasteiger partial charge in [0.1, 0.15) is 0 Å². The second-order valence-electron chi connectivity index (χ2n) is 1.81. The Labute approximate surface area is 92.1 Å². The Bertz CT molecular complexity index is 210. The van der Waals surface area contributed by atoms with Crippen molar-refractivity contribution in [2.45, 2.75) is 6.92 Å². The van der Waals surface area contributed by atoms with E-state index in [0.717, 1.165) is 6.92 Å². The SMILES string of the molecule is CC(=O)[O-].Nc1[c]cccc1.[Hg+]. The average Bonchev–Trinajstić information content (AvgIpc) is 1.87. The van der Waals surface area contributed by atoms with E-state index in [9.17, 15) is 0 Å². The molecule has 2 radical (unpaired) electrons. The summed E-state index contributed by atoms with van der Waals surface area (Å²) in [5.41, 5.74) is 6.00. The van der Waals surface area contributed by atoms with Crippen LogP contribution in [0.4, 0.5) is 5.69 Å². The van der Waals surface area contributed by atoms with Gasteiger partial charge in [0.25, 0.3) is 0 Å². The van der Waals surface area contributed by atoms with Crippen molar-refractivity contribution in [1.82, 2.24) is 0 Å². The molecule has 12 heavy (non-hydrogen) atoms. The molecule has 3 nitrogen and oxygen atoms in total. The number of nitrogens with two attached hydrogens (primary N) is 1. The van der Waals surface area contributed by atoms with Crippen LogP contribution in [0.5, 0.6) is 0 Å². The zero-order chi connectivity index (χ0) is 8.69. The third-order valence-electron chi connectivity index (χ3n) is 0.733. The molecule has 0 bridgehead atoms. The van der Waals surface area contributed by atoms with Crippen LogP contribution in [0.2, 0.25) is 0 Å². The fourth-order valence-corrected chi connectivity index (χ4v) is 0.407. The van der Waals surface area contributed by atoms with Gasteiger partial charge < -0.3 is 15.6 Å². The summed E-state index contributed by atoms with van der Waals surface area (Å²) in [7, 11) is 0. The molecule has 2 N–H and O–H groups in total. The van der Waals surface area contributed by atoms with Crippen molar-refractivity contribution in [1.29, 1.82) is 0 Å². The summed E-state index contributed by atoms with van der Waals surface area (Å²) >= 11 is 0. The van der Waals surface area contributed by atoms with Crippen molar-refractivity contribution in [2.75, 3.05) is 5.73 Å². The van der Waals surface area contributed by atoms with Gasteiger partial charge in [0, 0.05) is 17.7 Å². The average molecular weight is 352 g/mol. The van der Waals surface area contributed by atoms with Gasteiger partial charge in [0.15, 0.2) is 0 Å². The van der Waals surface area contributed by atoms with E-state index in [1.807, 2.05) is 12.1 Å². The minimum absolute atomic E-state index is 0. The fraction of sp³-hybridized carbons (Fsp3) is 0.125. The second-order valence-corrected chi connectivity index (χ2v) is 1.81. The first kappa shape index (κ1) is 14.0. The summed E-state index contributed by atoms with van der Waals surface area (Å²) in [5.74, 6) is -1.08. The topological polar surface area (TPSA) is 66.1 Å². The van der Waals surface area contributed by atoms with Crippen LogP contribution in [0.3, 0.4) is 0 Å². The van der Waals surface area contributed by atoms with Crippen LogP contribution < -0.4 is 10.8 Å². The number of rotatable bonds is 0. The van der Waals surface area contributed by atoms with Crippen molar-refractivity contribution in [3.8, 4) is 0 Å². The number of hydrogen-bond donors (Lipinski definition) is 1. The van der Waals surface area contributed by atoms with Gasteiger partial charge in [-0.3, -0.25) is 0 Å². The zero-order valence-electron chi connectivity index (χ0n) is 6.91. The first-order valence-corrected chi connectivity index (χ1v) is 3.02. The summed E-state index contributed by atoms with van der Waals surface area (Å²) in [6.45, 7) is 0.972. The van der Waals surface area contributed by atoms with Gasteiger partial charge in [-0.15, -0.1) is 0 Å². The third-order valence-corrected chi connectivity index (χ3v) is 0.733. The van der Waals surface area contributed by atoms with Crippen LogP contribution in [0.1, 0.15) is 6.92 Å². The molecule has 0 aliphatic heterocycles. The number of anilines is 1. The molecule has 0 aromatic heterocycles. The molecule has 60 valence electrons. The quantitative estimate of drug-likeness (QED) is 0.521. The maximum Gasteiger partial charge on any atom is 1.00 e. The molecule has 0 saturated heterocycles. The zero-order valence-corrected chi connectivity index (χ0v) is 12.4. The first-order valence-electron chi connectivity index (χ1n) is 3.02. The smallest absolute Gasteiger partial charge is 0.550 e. The molecule has 0 unspecified atom stereocenters. The summed E-state index contributed by atoms with van der Waals surface area (Å²) in [5, 5.41) is 8.89. The third kappa shape index (κ3) is 12.1. The predicted molar refractivity (Wildman–Crippen MR) is 40.4 cm³/mol. The number of benzene rings is 1. The Morgan fingerprint density at radius 2 is 2.08 bits per heavy atom. The summed E-state index contributed by atoms with van der Waals surface area (Å²) in [6, 6.07) is 10.2. The van der Waals surface area contributed by atoms with Crippen LogP contribution in [-0.4, -0.2) is 5.97 Å². The van der Waals surface area contributed by atoms with E-state index < -0.39 is 5.97 Å². The number of carbonyl (C=O) groups excluding carboxylic acids is 1. The molecule has 1 aromatic rings. The van der Waals surface area contributed by atoms with Gasteiger partial charge in [-0.1, -0.05) is 18.2 Å². The summed E-state index contributed by atoms with van der Waals surface area (Å²) in [6.07, 6.45) is 0. The number of carbonyl (C=O) groups is 1. The van der Waals surface area contributed by atoms with Gasteiger partial charge >= 0.3 is 27.7 Å². The predicted octanol–water partition coefficient (Wildman–Crippen LogP) is -0.177. The van der Waals surface area contributed by atoms with E-state index >= 15 is 0 Å². The molecule has 0 heterocycles. The van der Waals surface area contributed by atoms with Gasteiger partial charge in [-0.05, 0) is 13.0 Å². The van der Waals surface area contributed by atoms with E-state index in [-0.39, 0.29) is 27.7 Å². The first-order chi connectivity index (χ1) is 5.13. The van der Waals surface area contributed by atoms with Crippen LogP contribution in [-0.2, 0) is 32.5 Å². The van der Waals surface area contributed by atoms with Crippen LogP contribution in [0.15, 0.2) is 24.3 Å². The second kappa shape index (κ2) is 8.52. The summed E-state index contributed by atoms with van der Waals surface area (Å²) < 4.78 is 0. The minimum atomic E-state index is -1.08. The number of hydrogen-bond acceptors (Lipinski definition) is 3. The van der Waals surface area contributed by atoms with E-state index in [1.54, 1.807) is 12.1 Å². The standard InChI is InChI=1S/C6H6N.C2H4O2.Hg/c7-6-4-2-1-3-5-6;1-2(3)4;/h1-4H,7H2;1H3,(H,3,4);/q;;+1/p-1. The summed E-state index contributed by atoms with van der Waals surface area (Å²) in [4.78, 5) is 8.89. The van der Waals surface area contributed by atoms with Crippen LogP contribution >= 0.6 is 0 Å². The Balaban J connectivity index is 0. The normalized spacial score (nSPS) is 7.08. The van der Waals surface area contributed by atoms with E-state index in [2.05, 4.69) is 6.07 Å². The van der Waals surface area contributed by atoms with Crippen molar-refractivity contribution in [2.24, 2.45) is 0 Å². The fourth-order valence-electron chi connectivity index (χ4n) is 0.407.